The zero-order valence-corrected chi connectivity index (χ0v) is 11.6. The molecule has 0 unspecified atom stereocenters. The third-order valence-electron chi connectivity index (χ3n) is 2.87. The number of aromatic nitrogens is 2. The number of aryl methyl sites for hydroxylation is 2. The molecule has 0 saturated carbocycles. The van der Waals surface area contributed by atoms with Crippen molar-refractivity contribution in [2.75, 3.05) is 0 Å². The average Bonchev–Trinajstić information content (AvgIpc) is 2.69. The zero-order valence-electron chi connectivity index (χ0n) is 11.6. The number of rotatable bonds is 6. The fraction of sp³-hybridized carbons (Fsp3) is 0.615. The number of carbonyl (C=O) groups is 1. The number of hydrogen-bond donors (Lipinski definition) is 1. The van der Waals surface area contributed by atoms with Crippen LogP contribution in [0.1, 0.15) is 45.0 Å². The fourth-order valence-electron chi connectivity index (χ4n) is 2.00. The maximum absolute atomic E-state index is 10.7. The normalized spacial score (nSPS) is 11.1. The first-order chi connectivity index (χ1) is 8.88. The van der Waals surface area contributed by atoms with Crippen molar-refractivity contribution >= 4 is 6.09 Å². The fourth-order valence-corrected chi connectivity index (χ4v) is 2.00. The van der Waals surface area contributed by atoms with Crippen LogP contribution in [0.5, 0.6) is 0 Å². The summed E-state index contributed by atoms with van der Waals surface area (Å²) in [6.07, 6.45) is 1.56. The summed E-state index contributed by atoms with van der Waals surface area (Å²) in [4.78, 5) is 10.7. The van der Waals surface area contributed by atoms with Gasteiger partial charge < -0.3 is 10.5 Å². The minimum atomic E-state index is -0.754. The second-order valence-electron chi connectivity index (χ2n) is 4.98. The molecule has 0 bridgehead atoms. The van der Waals surface area contributed by atoms with E-state index in [-0.39, 0.29) is 0 Å². The van der Waals surface area contributed by atoms with Gasteiger partial charge in [-0.1, -0.05) is 0 Å². The molecule has 0 spiro atoms. The monoisotopic (exact) mass is 264 g/mol. The molecule has 0 aliphatic carbocycles. The molecule has 104 valence electrons. The molecule has 2 N–H and O–H groups in total. The highest BCUT2D eigenvalue weighted by Crippen LogP contribution is 2.19. The quantitative estimate of drug-likeness (QED) is 0.849. The van der Waals surface area contributed by atoms with Gasteiger partial charge in [-0.2, -0.15) is 10.4 Å². The Kier molecular flexibility index (Phi) is 4.93. The molecule has 1 amide bonds. The van der Waals surface area contributed by atoms with Gasteiger partial charge in [0.1, 0.15) is 11.7 Å². The minimum Gasteiger partial charge on any atom is -0.444 e. The molecule has 1 aromatic heterocycles. The Morgan fingerprint density at radius 3 is 2.84 bits per heavy atom. The van der Waals surface area contributed by atoms with E-state index in [9.17, 15) is 4.79 Å². The first kappa shape index (κ1) is 15.0. The van der Waals surface area contributed by atoms with Gasteiger partial charge in [-0.3, -0.25) is 4.68 Å². The van der Waals surface area contributed by atoms with E-state index >= 15 is 0 Å². The van der Waals surface area contributed by atoms with Gasteiger partial charge in [0.25, 0.3) is 0 Å². The van der Waals surface area contributed by atoms with Gasteiger partial charge in [-0.15, -0.1) is 0 Å². The first-order valence-corrected chi connectivity index (χ1v) is 6.33. The lowest BCUT2D eigenvalue weighted by Crippen LogP contribution is -2.31. The van der Waals surface area contributed by atoms with Crippen LogP contribution in [0.3, 0.4) is 0 Å². The first-order valence-electron chi connectivity index (χ1n) is 6.33. The van der Waals surface area contributed by atoms with Crippen LogP contribution >= 0.6 is 0 Å². The Balaban J connectivity index is 2.56. The van der Waals surface area contributed by atoms with E-state index in [0.717, 1.165) is 25.1 Å². The summed E-state index contributed by atoms with van der Waals surface area (Å²) in [6.45, 7) is 6.38. The molecule has 1 heterocycles. The van der Waals surface area contributed by atoms with Crippen LogP contribution in [0.25, 0.3) is 0 Å². The van der Waals surface area contributed by atoms with Crippen LogP contribution in [-0.4, -0.2) is 21.5 Å². The second kappa shape index (κ2) is 6.23. The van der Waals surface area contributed by atoms with E-state index in [4.69, 9.17) is 15.7 Å². The van der Waals surface area contributed by atoms with E-state index in [1.54, 1.807) is 6.07 Å². The Hall–Kier alpha value is -2.03. The van der Waals surface area contributed by atoms with Gasteiger partial charge in [0, 0.05) is 12.2 Å². The molecular weight excluding hydrogens is 244 g/mol. The lowest BCUT2D eigenvalue weighted by Gasteiger charge is -2.23. The van der Waals surface area contributed by atoms with Crippen molar-refractivity contribution in [1.29, 1.82) is 5.26 Å². The van der Waals surface area contributed by atoms with Crippen molar-refractivity contribution in [3.8, 4) is 6.07 Å². The van der Waals surface area contributed by atoms with Gasteiger partial charge in [-0.25, -0.2) is 4.79 Å². The lowest BCUT2D eigenvalue weighted by molar-refractivity contribution is 0.0377. The molecule has 6 nitrogen and oxygen atoms in total. The number of nitriles is 1. The predicted octanol–water partition coefficient (Wildman–Crippen LogP) is 1.97. The number of ether oxygens (including phenoxy) is 1. The zero-order chi connectivity index (χ0) is 14.5. The summed E-state index contributed by atoms with van der Waals surface area (Å²) < 4.78 is 6.84. The number of carbonyl (C=O) groups excluding carboxylic acids is 1. The van der Waals surface area contributed by atoms with Gasteiger partial charge in [0.05, 0.1) is 0 Å². The van der Waals surface area contributed by atoms with E-state index in [2.05, 4.69) is 5.10 Å². The Labute approximate surface area is 113 Å². The summed E-state index contributed by atoms with van der Waals surface area (Å²) in [5, 5.41) is 13.0. The molecule has 1 rings (SSSR count). The molecule has 0 radical (unpaired) electrons. The molecule has 0 fully saturated rings. The molecular formula is C13H20N4O2. The molecule has 1 aromatic rings. The summed E-state index contributed by atoms with van der Waals surface area (Å²) in [6, 6.07) is 3.83. The summed E-state index contributed by atoms with van der Waals surface area (Å²) in [7, 11) is 0. The van der Waals surface area contributed by atoms with Gasteiger partial charge in [0.2, 0.25) is 0 Å². The second-order valence-corrected chi connectivity index (χ2v) is 4.98. The van der Waals surface area contributed by atoms with Crippen LogP contribution in [0.15, 0.2) is 6.07 Å². The maximum atomic E-state index is 10.7. The number of hydrogen-bond acceptors (Lipinski definition) is 4. The van der Waals surface area contributed by atoms with Crippen molar-refractivity contribution in [1.82, 2.24) is 9.78 Å². The van der Waals surface area contributed by atoms with Crippen molar-refractivity contribution < 1.29 is 9.53 Å². The van der Waals surface area contributed by atoms with Gasteiger partial charge in [0.15, 0.2) is 5.69 Å². The topological polar surface area (TPSA) is 93.9 Å². The van der Waals surface area contributed by atoms with Crippen LogP contribution in [-0.2, 0) is 17.7 Å². The Morgan fingerprint density at radius 1 is 1.63 bits per heavy atom. The molecule has 0 aliphatic heterocycles. The van der Waals surface area contributed by atoms with E-state index < -0.39 is 11.7 Å². The van der Waals surface area contributed by atoms with Crippen LogP contribution in [0.4, 0.5) is 4.79 Å². The highest BCUT2D eigenvalue weighted by Gasteiger charge is 2.21. The van der Waals surface area contributed by atoms with E-state index in [1.807, 2.05) is 31.5 Å². The summed E-state index contributed by atoms with van der Waals surface area (Å²) in [5.41, 5.74) is 5.91. The highest BCUT2D eigenvalue weighted by molar-refractivity contribution is 5.65. The Bertz CT molecular complexity index is 485. The highest BCUT2D eigenvalue weighted by atomic mass is 16.6. The van der Waals surface area contributed by atoms with Crippen molar-refractivity contribution in [3.63, 3.8) is 0 Å². The van der Waals surface area contributed by atoms with E-state index in [1.165, 1.54) is 0 Å². The average molecular weight is 264 g/mol. The van der Waals surface area contributed by atoms with Crippen LogP contribution in [0.2, 0.25) is 0 Å². The smallest absolute Gasteiger partial charge is 0.405 e. The van der Waals surface area contributed by atoms with Crippen molar-refractivity contribution in [3.05, 3.63) is 17.5 Å². The third-order valence-corrected chi connectivity index (χ3v) is 2.87. The lowest BCUT2D eigenvalue weighted by atomic mass is 10.0. The SMILES string of the molecule is CCn1nc(C#N)cc1CCCC(C)(C)OC(N)=O. The third kappa shape index (κ3) is 4.62. The molecule has 6 heteroatoms. The van der Waals surface area contributed by atoms with E-state index in [0.29, 0.717) is 12.1 Å². The van der Waals surface area contributed by atoms with Crippen LogP contribution < -0.4 is 5.73 Å². The summed E-state index contributed by atoms with van der Waals surface area (Å²) in [5.74, 6) is 0. The summed E-state index contributed by atoms with van der Waals surface area (Å²) >= 11 is 0. The minimum absolute atomic E-state index is 0.435. The standard InChI is InChI=1S/C13H20N4O2/c1-4-17-11(8-10(9-14)16-17)6-5-7-13(2,3)19-12(15)18/h8H,4-7H2,1-3H3,(H2,15,18). The molecule has 0 saturated heterocycles. The molecule has 0 aliphatic rings. The maximum Gasteiger partial charge on any atom is 0.405 e. The number of primary amides is 1. The van der Waals surface area contributed by atoms with Gasteiger partial charge >= 0.3 is 6.09 Å². The number of nitrogens with two attached hydrogens (primary N) is 1. The Morgan fingerprint density at radius 2 is 2.32 bits per heavy atom. The molecule has 0 atom stereocenters. The van der Waals surface area contributed by atoms with Gasteiger partial charge in [-0.05, 0) is 46.1 Å². The molecule has 0 aromatic carbocycles. The van der Waals surface area contributed by atoms with Crippen molar-refractivity contribution in [2.45, 2.75) is 52.2 Å². The molecule has 19 heavy (non-hydrogen) atoms. The number of nitrogens with zero attached hydrogens (tertiary/aromatic N) is 3. The van der Waals surface area contributed by atoms with Crippen molar-refractivity contribution in [2.24, 2.45) is 5.73 Å². The van der Waals surface area contributed by atoms with Crippen LogP contribution in [0, 0.1) is 11.3 Å². The predicted molar refractivity (Wildman–Crippen MR) is 70.3 cm³/mol. The number of amides is 1. The largest absolute Gasteiger partial charge is 0.444 e.